The molecule has 10 heteroatoms. The van der Waals surface area contributed by atoms with Gasteiger partial charge in [-0.05, 0) is 49.4 Å². The van der Waals surface area contributed by atoms with Gasteiger partial charge in [0, 0.05) is 18.7 Å². The van der Waals surface area contributed by atoms with E-state index in [0.29, 0.717) is 18.4 Å². The van der Waals surface area contributed by atoms with Gasteiger partial charge in [0.15, 0.2) is 0 Å². The summed E-state index contributed by atoms with van der Waals surface area (Å²) < 4.78 is 12.9. The fourth-order valence-electron chi connectivity index (χ4n) is 7.38. The first-order chi connectivity index (χ1) is 22.2. The Hall–Kier alpha value is -4.28. The molecule has 0 radical (unpaired) electrons. The van der Waals surface area contributed by atoms with E-state index in [1.54, 1.807) is 23.1 Å². The predicted molar refractivity (Wildman–Crippen MR) is 170 cm³/mol. The Morgan fingerprint density at radius 2 is 1.83 bits per heavy atom. The molecule has 4 heterocycles. The van der Waals surface area contributed by atoms with E-state index in [1.807, 2.05) is 75.4 Å². The molecule has 2 N–H and O–H groups in total. The van der Waals surface area contributed by atoms with E-state index in [1.165, 1.54) is 4.90 Å². The average molecular weight is 628 g/mol. The first-order valence-electron chi connectivity index (χ1n) is 16.1. The number of ether oxygens (including phenoxy) is 2. The molecule has 4 aliphatic heterocycles. The standard InChI is InChI=1S/C36H41N3O7/c1-4-25(21-40)39-32-34(43)38(26-19-22(2)15-16-23(26)3)18-10-17-36(32)31(33(39)42)30-27(46-36)13-8-9-14-29(41)37-20-28(45-35(30)44)24-11-6-5-7-12-24/h5-8,10-13,15-17,19,25,27-28,30-32,40H,4,9,14,18,20-21H2,1-3H3,(H,37,41)/b13-8-/t25-,27+,28-,30-,31-,32+,36-/m0/s1. The monoisotopic (exact) mass is 627 g/mol. The highest BCUT2D eigenvalue weighted by molar-refractivity contribution is 6.06. The molecule has 2 fully saturated rings. The van der Waals surface area contributed by atoms with Crippen molar-refractivity contribution in [3.05, 3.63) is 89.5 Å². The summed E-state index contributed by atoms with van der Waals surface area (Å²) in [6, 6.07) is 13.2. The van der Waals surface area contributed by atoms with Gasteiger partial charge in [-0.15, -0.1) is 0 Å². The van der Waals surface area contributed by atoms with Crippen molar-refractivity contribution in [2.75, 3.05) is 24.6 Å². The van der Waals surface area contributed by atoms with Gasteiger partial charge in [0.1, 0.15) is 23.7 Å². The first kappa shape index (κ1) is 31.7. The summed E-state index contributed by atoms with van der Waals surface area (Å²) in [5, 5.41) is 13.3. The highest BCUT2D eigenvalue weighted by atomic mass is 16.6. The zero-order valence-electron chi connectivity index (χ0n) is 26.4. The summed E-state index contributed by atoms with van der Waals surface area (Å²) >= 11 is 0. The van der Waals surface area contributed by atoms with Crippen LogP contribution in [0.5, 0.6) is 0 Å². The van der Waals surface area contributed by atoms with Crippen LogP contribution in [0.4, 0.5) is 5.69 Å². The van der Waals surface area contributed by atoms with Crippen molar-refractivity contribution in [2.24, 2.45) is 11.8 Å². The molecule has 6 rings (SSSR count). The van der Waals surface area contributed by atoms with Crippen LogP contribution in [0.15, 0.2) is 72.8 Å². The molecule has 10 nitrogen and oxygen atoms in total. The summed E-state index contributed by atoms with van der Waals surface area (Å²) in [7, 11) is 0. The third-order valence-electron chi connectivity index (χ3n) is 9.71. The van der Waals surface area contributed by atoms with Crippen LogP contribution in [0.25, 0.3) is 0 Å². The highest BCUT2D eigenvalue weighted by Crippen LogP contribution is 2.54. The molecule has 0 aromatic heterocycles. The lowest BCUT2D eigenvalue weighted by atomic mass is 9.77. The van der Waals surface area contributed by atoms with E-state index in [2.05, 4.69) is 5.32 Å². The number of fused-ring (bicyclic) bond motifs is 2. The number of carbonyl (C=O) groups is 4. The first-order valence-corrected chi connectivity index (χ1v) is 16.1. The number of hydrogen-bond donors (Lipinski definition) is 2. The number of amides is 3. The molecule has 2 saturated heterocycles. The zero-order chi connectivity index (χ0) is 32.6. The molecule has 2 aromatic rings. The quantitative estimate of drug-likeness (QED) is 0.385. The number of benzene rings is 2. The van der Waals surface area contributed by atoms with E-state index < -0.39 is 53.6 Å². The summed E-state index contributed by atoms with van der Waals surface area (Å²) in [5.41, 5.74) is 1.83. The largest absolute Gasteiger partial charge is 0.455 e. The van der Waals surface area contributed by atoms with Gasteiger partial charge in [-0.1, -0.05) is 73.7 Å². The minimum atomic E-state index is -1.49. The number of hydrogen-bond acceptors (Lipinski definition) is 7. The number of rotatable bonds is 5. The molecule has 7 atom stereocenters. The SMILES string of the molecule is CC[C@@H](CO)N1C(=O)[C@@H]2[C@H]3C(=O)O[C@H](c4ccccc4)CNC(=O)CC/C=C\[C@H]3O[C@@]23C=CCN(c2cc(C)ccc2C)C(=O)[C@@H]13. The van der Waals surface area contributed by atoms with Gasteiger partial charge in [-0.25, -0.2) is 0 Å². The van der Waals surface area contributed by atoms with Gasteiger partial charge in [-0.3, -0.25) is 19.2 Å². The van der Waals surface area contributed by atoms with E-state index >= 15 is 0 Å². The minimum absolute atomic E-state index is 0.0701. The zero-order valence-corrected chi connectivity index (χ0v) is 26.4. The van der Waals surface area contributed by atoms with Gasteiger partial charge in [0.25, 0.3) is 5.91 Å². The van der Waals surface area contributed by atoms with Crippen molar-refractivity contribution >= 4 is 29.4 Å². The Balaban J connectivity index is 1.46. The number of esters is 1. The molecular weight excluding hydrogens is 586 g/mol. The van der Waals surface area contributed by atoms with Crippen LogP contribution in [0.1, 0.15) is 49.0 Å². The Bertz CT molecular complexity index is 1570. The normalized spacial score (nSPS) is 31.1. The van der Waals surface area contributed by atoms with E-state index in [-0.39, 0.29) is 37.9 Å². The van der Waals surface area contributed by atoms with Gasteiger partial charge >= 0.3 is 5.97 Å². The molecular formula is C36H41N3O7. The van der Waals surface area contributed by atoms with Crippen LogP contribution in [0, 0.1) is 25.7 Å². The van der Waals surface area contributed by atoms with Crippen molar-refractivity contribution in [3.8, 4) is 0 Å². The second-order valence-electron chi connectivity index (χ2n) is 12.6. The Labute approximate surface area is 269 Å². The number of aliphatic hydroxyl groups is 1. The predicted octanol–water partition coefficient (Wildman–Crippen LogP) is 3.31. The summed E-state index contributed by atoms with van der Waals surface area (Å²) in [6.07, 6.45) is 6.46. The molecule has 0 bridgehead atoms. The minimum Gasteiger partial charge on any atom is -0.455 e. The molecule has 242 valence electrons. The smallest absolute Gasteiger partial charge is 0.313 e. The maximum atomic E-state index is 14.8. The summed E-state index contributed by atoms with van der Waals surface area (Å²) in [5.74, 6) is -3.74. The Kier molecular flexibility index (Phi) is 8.85. The van der Waals surface area contributed by atoms with Gasteiger partial charge in [0.05, 0.1) is 31.2 Å². The number of aryl methyl sites for hydroxylation is 2. The van der Waals surface area contributed by atoms with E-state index in [4.69, 9.17) is 9.47 Å². The topological polar surface area (TPSA) is 125 Å². The number of likely N-dealkylation sites (tertiary alicyclic amines) is 1. The third-order valence-corrected chi connectivity index (χ3v) is 9.71. The van der Waals surface area contributed by atoms with Crippen LogP contribution in [0.3, 0.4) is 0 Å². The van der Waals surface area contributed by atoms with E-state index in [9.17, 15) is 24.3 Å². The van der Waals surface area contributed by atoms with Crippen LogP contribution in [-0.4, -0.2) is 77.2 Å². The molecule has 1 spiro atoms. The molecule has 4 aliphatic rings. The van der Waals surface area contributed by atoms with Gasteiger partial charge < -0.3 is 29.7 Å². The molecule has 46 heavy (non-hydrogen) atoms. The lowest BCUT2D eigenvalue weighted by molar-refractivity contribution is -0.160. The molecule has 3 amide bonds. The van der Waals surface area contributed by atoms with Gasteiger partial charge in [0.2, 0.25) is 11.8 Å². The fourth-order valence-corrected chi connectivity index (χ4v) is 7.38. The maximum absolute atomic E-state index is 14.8. The Morgan fingerprint density at radius 1 is 1.04 bits per heavy atom. The molecule has 0 unspecified atom stereocenters. The lowest BCUT2D eigenvalue weighted by Gasteiger charge is -2.38. The van der Waals surface area contributed by atoms with Crippen molar-refractivity contribution in [3.63, 3.8) is 0 Å². The second-order valence-corrected chi connectivity index (χ2v) is 12.6. The summed E-state index contributed by atoms with van der Waals surface area (Å²) in [4.78, 5) is 59.4. The molecule has 0 saturated carbocycles. The lowest BCUT2D eigenvalue weighted by Crippen LogP contribution is -2.58. The van der Waals surface area contributed by atoms with Crippen LogP contribution in [0.2, 0.25) is 0 Å². The van der Waals surface area contributed by atoms with Crippen LogP contribution in [-0.2, 0) is 28.7 Å². The highest BCUT2D eigenvalue weighted by Gasteiger charge is 2.72. The molecule has 2 aromatic carbocycles. The van der Waals surface area contributed by atoms with Crippen molar-refractivity contribution in [1.82, 2.24) is 10.2 Å². The van der Waals surface area contributed by atoms with Crippen molar-refractivity contribution in [1.29, 1.82) is 0 Å². The number of nitrogens with zero attached hydrogens (tertiary/aromatic N) is 2. The van der Waals surface area contributed by atoms with Crippen LogP contribution >= 0.6 is 0 Å². The third kappa shape index (κ3) is 5.43. The van der Waals surface area contributed by atoms with Crippen molar-refractivity contribution < 1.29 is 33.8 Å². The van der Waals surface area contributed by atoms with Crippen molar-refractivity contribution in [2.45, 2.75) is 69.9 Å². The number of nitrogens with one attached hydrogen (secondary N) is 1. The molecule has 0 aliphatic carbocycles. The van der Waals surface area contributed by atoms with Gasteiger partial charge in [-0.2, -0.15) is 0 Å². The Morgan fingerprint density at radius 3 is 2.57 bits per heavy atom. The number of aliphatic hydroxyl groups excluding tert-OH is 1. The average Bonchev–Trinajstić information content (AvgIpc) is 3.44. The number of carbonyl (C=O) groups excluding carboxylic acids is 4. The van der Waals surface area contributed by atoms with Crippen LogP contribution < -0.4 is 10.2 Å². The number of cyclic esters (lactones) is 1. The number of allylic oxidation sites excluding steroid dienone is 1. The second kappa shape index (κ2) is 12.8. The fraction of sp³-hybridized carbons (Fsp3) is 0.444. The number of anilines is 1. The maximum Gasteiger partial charge on any atom is 0.313 e. The van der Waals surface area contributed by atoms with E-state index in [0.717, 1.165) is 16.8 Å². The summed E-state index contributed by atoms with van der Waals surface area (Å²) in [6.45, 7) is 5.71.